The number of rotatable bonds is 6. The first-order valence-corrected chi connectivity index (χ1v) is 13.3. The van der Waals surface area contributed by atoms with Gasteiger partial charge in [-0.3, -0.25) is 4.72 Å². The maximum Gasteiger partial charge on any atom is 0.261 e. The van der Waals surface area contributed by atoms with E-state index in [0.717, 1.165) is 22.1 Å². The molecular weight excluding hydrogens is 500 g/mol. The van der Waals surface area contributed by atoms with E-state index in [4.69, 9.17) is 4.74 Å². The monoisotopic (exact) mass is 524 g/mol. The van der Waals surface area contributed by atoms with Gasteiger partial charge in [0.15, 0.2) is 0 Å². The summed E-state index contributed by atoms with van der Waals surface area (Å²) in [7, 11) is -3.72. The van der Waals surface area contributed by atoms with Crippen molar-refractivity contribution in [3.05, 3.63) is 94.5 Å². The van der Waals surface area contributed by atoms with Gasteiger partial charge in [0.25, 0.3) is 10.0 Å². The van der Waals surface area contributed by atoms with Gasteiger partial charge in [0, 0.05) is 21.8 Å². The molecule has 0 radical (unpaired) electrons. The second-order valence-electron chi connectivity index (χ2n) is 8.34. The van der Waals surface area contributed by atoms with Crippen molar-refractivity contribution in [3.8, 4) is 5.75 Å². The summed E-state index contributed by atoms with van der Waals surface area (Å²) in [6.07, 6.45) is 5.38. The molecule has 5 rings (SSSR count). The number of anilines is 2. The number of hydrogen-bond acceptors (Lipinski definition) is 4. The molecule has 1 aliphatic heterocycles. The smallest absolute Gasteiger partial charge is 0.261 e. The van der Waals surface area contributed by atoms with Gasteiger partial charge >= 0.3 is 0 Å². The molecule has 170 valence electrons. The summed E-state index contributed by atoms with van der Waals surface area (Å²) in [5, 5.41) is 3.67. The number of fused-ring (bicyclic) bond motifs is 3. The van der Waals surface area contributed by atoms with Crippen molar-refractivity contribution in [1.29, 1.82) is 0 Å². The van der Waals surface area contributed by atoms with E-state index in [2.05, 4.69) is 62.4 Å². The second-order valence-corrected chi connectivity index (χ2v) is 10.9. The predicted octanol–water partition coefficient (Wildman–Crippen LogP) is 6.48. The number of nitrogens with one attached hydrogen (secondary N) is 2. The average molecular weight is 525 g/mol. The van der Waals surface area contributed by atoms with E-state index in [1.165, 1.54) is 5.56 Å². The first kappa shape index (κ1) is 22.0. The Kier molecular flexibility index (Phi) is 5.93. The molecule has 1 aliphatic carbocycles. The standard InChI is InChI=1S/C26H25BrN2O3S/c1-2-32-20-12-10-19(11-13-20)29-33(30,31)21-14-15-25-24(16-21)22-4-3-5-23(22)26(28-25)17-6-8-18(27)9-7-17/h3-4,6-16,22-23,26,28-29H,2,5H2,1H3. The summed E-state index contributed by atoms with van der Waals surface area (Å²) in [5.74, 6) is 1.23. The van der Waals surface area contributed by atoms with Crippen molar-refractivity contribution in [2.75, 3.05) is 16.6 Å². The van der Waals surface area contributed by atoms with E-state index in [0.29, 0.717) is 24.0 Å². The van der Waals surface area contributed by atoms with Crippen molar-refractivity contribution in [2.24, 2.45) is 5.92 Å². The minimum absolute atomic E-state index is 0.176. The van der Waals surface area contributed by atoms with Crippen LogP contribution in [0, 0.1) is 5.92 Å². The number of allylic oxidation sites excluding steroid dienone is 2. The molecule has 0 spiro atoms. The third-order valence-electron chi connectivity index (χ3n) is 6.29. The van der Waals surface area contributed by atoms with Gasteiger partial charge in [-0.25, -0.2) is 8.42 Å². The number of ether oxygens (including phenoxy) is 1. The molecular formula is C26H25BrN2O3S. The lowest BCUT2D eigenvalue weighted by molar-refractivity contribution is 0.340. The van der Waals surface area contributed by atoms with Crippen LogP contribution in [-0.2, 0) is 10.0 Å². The lowest BCUT2D eigenvalue weighted by Gasteiger charge is -2.37. The quantitative estimate of drug-likeness (QED) is 0.362. The van der Waals surface area contributed by atoms with Crippen LogP contribution in [0.25, 0.3) is 0 Å². The summed E-state index contributed by atoms with van der Waals surface area (Å²) in [6.45, 7) is 2.47. The Hall–Kier alpha value is -2.77. The number of hydrogen-bond donors (Lipinski definition) is 2. The Labute approximate surface area is 203 Å². The molecule has 33 heavy (non-hydrogen) atoms. The Morgan fingerprint density at radius 1 is 1.06 bits per heavy atom. The molecule has 2 N–H and O–H groups in total. The predicted molar refractivity (Wildman–Crippen MR) is 135 cm³/mol. The summed E-state index contributed by atoms with van der Waals surface area (Å²) in [6, 6.07) is 20.9. The highest BCUT2D eigenvalue weighted by molar-refractivity contribution is 9.10. The van der Waals surface area contributed by atoms with E-state index >= 15 is 0 Å². The fraction of sp³-hybridized carbons (Fsp3) is 0.231. The SMILES string of the molecule is CCOc1ccc(NS(=O)(=O)c2ccc3c(c2)C2C=CCC2C(c2ccc(Br)cc2)N3)cc1. The molecule has 1 heterocycles. The van der Waals surface area contributed by atoms with Gasteiger partial charge < -0.3 is 10.1 Å². The first-order valence-electron chi connectivity index (χ1n) is 11.0. The molecule has 0 fully saturated rings. The molecule has 3 atom stereocenters. The van der Waals surface area contributed by atoms with Crippen LogP contribution in [0.1, 0.15) is 36.4 Å². The van der Waals surface area contributed by atoms with Gasteiger partial charge in [-0.2, -0.15) is 0 Å². The van der Waals surface area contributed by atoms with Gasteiger partial charge in [0.2, 0.25) is 0 Å². The molecule has 0 bridgehead atoms. The van der Waals surface area contributed by atoms with Crippen LogP contribution >= 0.6 is 15.9 Å². The van der Waals surface area contributed by atoms with Gasteiger partial charge in [-0.1, -0.05) is 40.2 Å². The zero-order chi connectivity index (χ0) is 23.0. The van der Waals surface area contributed by atoms with Crippen molar-refractivity contribution in [1.82, 2.24) is 0 Å². The summed E-state index contributed by atoms with van der Waals surface area (Å²) in [4.78, 5) is 0.262. The Morgan fingerprint density at radius 3 is 2.55 bits per heavy atom. The van der Waals surface area contributed by atoms with Crippen molar-refractivity contribution >= 4 is 37.3 Å². The fourth-order valence-corrected chi connectivity index (χ4v) is 6.10. The van der Waals surface area contributed by atoms with Crippen molar-refractivity contribution < 1.29 is 13.2 Å². The molecule has 5 nitrogen and oxygen atoms in total. The topological polar surface area (TPSA) is 67.4 Å². The highest BCUT2D eigenvalue weighted by atomic mass is 79.9. The number of benzene rings is 3. The molecule has 0 amide bonds. The Balaban J connectivity index is 1.43. The molecule has 0 saturated heterocycles. The minimum atomic E-state index is -3.72. The lowest BCUT2D eigenvalue weighted by Crippen LogP contribution is -2.29. The highest BCUT2D eigenvalue weighted by Gasteiger charge is 2.38. The maximum absolute atomic E-state index is 13.1. The van der Waals surface area contributed by atoms with Gasteiger partial charge in [-0.15, -0.1) is 0 Å². The van der Waals surface area contributed by atoms with Crippen LogP contribution in [0.5, 0.6) is 5.75 Å². The largest absolute Gasteiger partial charge is 0.494 e. The zero-order valence-corrected chi connectivity index (χ0v) is 20.6. The third kappa shape index (κ3) is 4.39. The number of sulfonamides is 1. The molecule has 7 heteroatoms. The van der Waals surface area contributed by atoms with Crippen LogP contribution in [0.4, 0.5) is 11.4 Å². The molecule has 0 aromatic heterocycles. The zero-order valence-electron chi connectivity index (χ0n) is 18.2. The van der Waals surface area contributed by atoms with Crippen molar-refractivity contribution in [3.63, 3.8) is 0 Å². The molecule has 2 aliphatic rings. The minimum Gasteiger partial charge on any atom is -0.494 e. The molecule has 3 unspecified atom stereocenters. The van der Waals surface area contributed by atoms with Gasteiger partial charge in [0.05, 0.1) is 17.5 Å². The van der Waals surface area contributed by atoms with Crippen LogP contribution in [-0.4, -0.2) is 15.0 Å². The summed E-state index contributed by atoms with van der Waals surface area (Å²) >= 11 is 3.51. The van der Waals surface area contributed by atoms with Crippen LogP contribution in [0.3, 0.4) is 0 Å². The van der Waals surface area contributed by atoms with E-state index < -0.39 is 10.0 Å². The van der Waals surface area contributed by atoms with E-state index in [9.17, 15) is 8.42 Å². The Morgan fingerprint density at radius 2 is 1.82 bits per heavy atom. The Bertz CT molecular complexity index is 1290. The average Bonchev–Trinajstić information content (AvgIpc) is 3.30. The fourth-order valence-electron chi connectivity index (χ4n) is 4.74. The molecule has 0 saturated carbocycles. The molecule has 3 aromatic carbocycles. The van der Waals surface area contributed by atoms with Gasteiger partial charge in [0.1, 0.15) is 5.75 Å². The molecule has 3 aromatic rings. The van der Waals surface area contributed by atoms with E-state index in [1.54, 1.807) is 30.3 Å². The summed E-state index contributed by atoms with van der Waals surface area (Å²) in [5.41, 5.74) is 3.74. The van der Waals surface area contributed by atoms with Crippen LogP contribution < -0.4 is 14.8 Å². The summed E-state index contributed by atoms with van der Waals surface area (Å²) < 4.78 is 35.4. The van der Waals surface area contributed by atoms with Crippen molar-refractivity contribution in [2.45, 2.75) is 30.2 Å². The normalized spacial score (nSPS) is 21.1. The van der Waals surface area contributed by atoms with E-state index in [-0.39, 0.29) is 16.9 Å². The second kappa shape index (κ2) is 8.88. The van der Waals surface area contributed by atoms with Crippen LogP contribution in [0.2, 0.25) is 0 Å². The van der Waals surface area contributed by atoms with Crippen LogP contribution in [0.15, 0.2) is 88.3 Å². The highest BCUT2D eigenvalue weighted by Crippen LogP contribution is 2.50. The number of halogens is 1. The van der Waals surface area contributed by atoms with Gasteiger partial charge in [-0.05, 0) is 85.0 Å². The maximum atomic E-state index is 13.1. The third-order valence-corrected chi connectivity index (χ3v) is 8.20. The first-order chi connectivity index (χ1) is 15.9. The van der Waals surface area contributed by atoms with E-state index in [1.807, 2.05) is 19.1 Å². The lowest BCUT2D eigenvalue weighted by atomic mass is 9.77.